The van der Waals surface area contributed by atoms with Gasteiger partial charge < -0.3 is 14.4 Å². The molecule has 2 atom stereocenters. The zero-order valence-electron chi connectivity index (χ0n) is 20.0. The van der Waals surface area contributed by atoms with Crippen LogP contribution in [0.5, 0.6) is 0 Å². The predicted octanol–water partition coefficient (Wildman–Crippen LogP) is 6.46. The number of esters is 2. The van der Waals surface area contributed by atoms with Gasteiger partial charge in [0.25, 0.3) is 0 Å². The number of anilines is 1. The molecule has 10 heteroatoms. The summed E-state index contributed by atoms with van der Waals surface area (Å²) in [5, 5.41) is 8.97. The summed E-state index contributed by atoms with van der Waals surface area (Å²) in [5.74, 6) is -4.03. The number of halogens is 4. The molecular formula is C26H26BrF3N2O4. The van der Waals surface area contributed by atoms with E-state index in [0.29, 0.717) is 12.0 Å². The number of amidine groups is 1. The van der Waals surface area contributed by atoms with Crippen LogP contribution in [0.15, 0.2) is 64.3 Å². The molecule has 3 rings (SSSR count). The number of ether oxygens (including phenoxy) is 2. The smallest absolute Gasteiger partial charge is 0.416 e. The number of carbonyl (C=O) groups excluding carboxylic acids is 2. The van der Waals surface area contributed by atoms with Crippen molar-refractivity contribution in [2.24, 2.45) is 5.92 Å². The maximum atomic E-state index is 13.4. The van der Waals surface area contributed by atoms with Crippen LogP contribution in [0.25, 0.3) is 0 Å². The molecule has 1 heterocycles. The average molecular weight is 567 g/mol. The first-order chi connectivity index (χ1) is 17.0. The number of hydrogen-bond donors (Lipinski definition) is 1. The molecule has 2 aromatic carbocycles. The van der Waals surface area contributed by atoms with Crippen LogP contribution in [0.1, 0.15) is 43.7 Å². The van der Waals surface area contributed by atoms with Gasteiger partial charge in [-0.3, -0.25) is 10.2 Å². The summed E-state index contributed by atoms with van der Waals surface area (Å²) in [5.41, 5.74) is -0.113. The van der Waals surface area contributed by atoms with Gasteiger partial charge in [0.15, 0.2) is 0 Å². The molecule has 2 unspecified atom stereocenters. The SMILES string of the molecule is CCCCOC(=O)C1C(=N)N(c2cccc(C(F)(F)F)c2)C(C)=C(C(=O)OC)C1c1ccc(Br)cc1. The van der Waals surface area contributed by atoms with E-state index in [2.05, 4.69) is 15.9 Å². The second-order valence-electron chi connectivity index (χ2n) is 8.29. The van der Waals surface area contributed by atoms with Crippen molar-refractivity contribution in [1.29, 1.82) is 5.41 Å². The number of nitrogens with zero attached hydrogens (tertiary/aromatic N) is 1. The molecule has 192 valence electrons. The molecule has 0 amide bonds. The summed E-state index contributed by atoms with van der Waals surface area (Å²) in [6.45, 7) is 3.56. The normalized spacial score (nSPS) is 18.3. The summed E-state index contributed by atoms with van der Waals surface area (Å²) in [6, 6.07) is 11.3. The third-order valence-electron chi connectivity index (χ3n) is 5.97. The molecule has 1 aliphatic heterocycles. The lowest BCUT2D eigenvalue weighted by Crippen LogP contribution is -2.48. The molecule has 0 aliphatic carbocycles. The van der Waals surface area contributed by atoms with Gasteiger partial charge in [0.05, 0.1) is 24.9 Å². The molecule has 1 aliphatic rings. The number of nitrogens with one attached hydrogen (secondary N) is 1. The lowest BCUT2D eigenvalue weighted by Gasteiger charge is -2.40. The third-order valence-corrected chi connectivity index (χ3v) is 6.50. The van der Waals surface area contributed by atoms with Crippen LogP contribution in [0.4, 0.5) is 18.9 Å². The Morgan fingerprint density at radius 3 is 2.39 bits per heavy atom. The van der Waals surface area contributed by atoms with Crippen molar-refractivity contribution < 1.29 is 32.2 Å². The van der Waals surface area contributed by atoms with Crippen LogP contribution >= 0.6 is 15.9 Å². The fourth-order valence-corrected chi connectivity index (χ4v) is 4.48. The Morgan fingerprint density at radius 2 is 1.81 bits per heavy atom. The van der Waals surface area contributed by atoms with E-state index in [0.717, 1.165) is 23.0 Å². The van der Waals surface area contributed by atoms with E-state index in [4.69, 9.17) is 14.9 Å². The van der Waals surface area contributed by atoms with Crippen LogP contribution in [0, 0.1) is 11.3 Å². The summed E-state index contributed by atoms with van der Waals surface area (Å²) in [7, 11) is 1.18. The van der Waals surface area contributed by atoms with Gasteiger partial charge >= 0.3 is 18.1 Å². The number of methoxy groups -OCH3 is 1. The highest BCUT2D eigenvalue weighted by Gasteiger charge is 2.47. The Hall–Kier alpha value is -3.14. The minimum Gasteiger partial charge on any atom is -0.466 e. The number of allylic oxidation sites excluding steroid dienone is 1. The molecule has 1 N–H and O–H groups in total. The fraction of sp³-hybridized carbons (Fsp3) is 0.346. The van der Waals surface area contributed by atoms with Gasteiger partial charge in [0, 0.05) is 21.8 Å². The molecule has 36 heavy (non-hydrogen) atoms. The third kappa shape index (κ3) is 5.64. The Morgan fingerprint density at radius 1 is 1.14 bits per heavy atom. The number of hydrogen-bond acceptors (Lipinski definition) is 5. The van der Waals surface area contributed by atoms with Gasteiger partial charge in [-0.2, -0.15) is 13.2 Å². The monoisotopic (exact) mass is 566 g/mol. The number of carbonyl (C=O) groups is 2. The molecule has 2 aromatic rings. The van der Waals surface area contributed by atoms with Gasteiger partial charge in [0.2, 0.25) is 0 Å². The second kappa shape index (κ2) is 11.3. The van der Waals surface area contributed by atoms with E-state index in [9.17, 15) is 22.8 Å². The summed E-state index contributed by atoms with van der Waals surface area (Å²) in [4.78, 5) is 27.6. The quantitative estimate of drug-likeness (QED) is 0.307. The number of alkyl halides is 3. The summed E-state index contributed by atoms with van der Waals surface area (Å²) < 4.78 is 51.6. The van der Waals surface area contributed by atoms with E-state index in [1.54, 1.807) is 24.3 Å². The molecule has 6 nitrogen and oxygen atoms in total. The lowest BCUT2D eigenvalue weighted by atomic mass is 9.75. The lowest BCUT2D eigenvalue weighted by molar-refractivity contribution is -0.147. The number of benzene rings is 2. The highest BCUT2D eigenvalue weighted by molar-refractivity contribution is 9.10. The minimum absolute atomic E-state index is 0.00524. The largest absolute Gasteiger partial charge is 0.466 e. The van der Waals surface area contributed by atoms with Gasteiger partial charge in [-0.05, 0) is 49.2 Å². The zero-order valence-corrected chi connectivity index (χ0v) is 21.6. The Kier molecular flexibility index (Phi) is 8.60. The van der Waals surface area contributed by atoms with Crippen molar-refractivity contribution in [3.8, 4) is 0 Å². The molecule has 0 fully saturated rings. The van der Waals surface area contributed by atoms with Crippen molar-refractivity contribution in [2.45, 2.75) is 38.8 Å². The highest BCUT2D eigenvalue weighted by Crippen LogP contribution is 2.44. The average Bonchev–Trinajstić information content (AvgIpc) is 2.83. The standard InChI is InChI=1S/C26H26BrF3N2O4/c1-4-5-13-36-25(34)22-21(16-9-11-18(27)12-10-16)20(24(33)35-3)15(2)32(23(22)31)19-8-6-7-17(14-19)26(28,29)30/h6-12,14,21-22,31H,4-5,13H2,1-3H3. The van der Waals surface area contributed by atoms with Crippen LogP contribution in [0.3, 0.4) is 0 Å². The van der Waals surface area contributed by atoms with Crippen molar-refractivity contribution in [3.63, 3.8) is 0 Å². The van der Waals surface area contributed by atoms with Crippen LogP contribution in [-0.2, 0) is 25.2 Å². The van der Waals surface area contributed by atoms with E-state index in [-0.39, 0.29) is 29.4 Å². The van der Waals surface area contributed by atoms with E-state index < -0.39 is 35.5 Å². The Balaban J connectivity index is 2.25. The minimum atomic E-state index is -4.62. The summed E-state index contributed by atoms with van der Waals surface area (Å²) >= 11 is 3.36. The van der Waals surface area contributed by atoms with Gasteiger partial charge in [-0.15, -0.1) is 0 Å². The molecule has 0 bridgehead atoms. The van der Waals surface area contributed by atoms with Crippen molar-refractivity contribution in [2.75, 3.05) is 18.6 Å². The Labute approximate surface area is 215 Å². The van der Waals surface area contributed by atoms with Crippen LogP contribution in [0.2, 0.25) is 0 Å². The number of rotatable bonds is 7. The van der Waals surface area contributed by atoms with E-state index in [1.807, 2.05) is 6.92 Å². The van der Waals surface area contributed by atoms with E-state index in [1.165, 1.54) is 31.1 Å². The maximum Gasteiger partial charge on any atom is 0.416 e. The predicted molar refractivity (Wildman–Crippen MR) is 133 cm³/mol. The molecule has 0 aromatic heterocycles. The van der Waals surface area contributed by atoms with Crippen LogP contribution in [-0.4, -0.2) is 31.5 Å². The molecule has 0 saturated carbocycles. The Bertz CT molecular complexity index is 1180. The van der Waals surface area contributed by atoms with Gasteiger partial charge in [0.1, 0.15) is 11.8 Å². The van der Waals surface area contributed by atoms with Gasteiger partial charge in [-0.1, -0.05) is 47.5 Å². The van der Waals surface area contributed by atoms with Crippen molar-refractivity contribution >= 4 is 39.4 Å². The first-order valence-electron chi connectivity index (χ1n) is 11.3. The van der Waals surface area contributed by atoms with Crippen molar-refractivity contribution in [3.05, 3.63) is 75.4 Å². The molecule has 0 spiro atoms. The zero-order chi connectivity index (χ0) is 26.6. The maximum absolute atomic E-state index is 13.4. The first kappa shape index (κ1) is 27.4. The van der Waals surface area contributed by atoms with Gasteiger partial charge in [-0.25, -0.2) is 4.79 Å². The first-order valence-corrected chi connectivity index (χ1v) is 12.1. The van der Waals surface area contributed by atoms with Crippen molar-refractivity contribution in [1.82, 2.24) is 0 Å². The summed E-state index contributed by atoms with van der Waals surface area (Å²) in [6.07, 6.45) is -3.24. The van der Waals surface area contributed by atoms with E-state index >= 15 is 0 Å². The second-order valence-corrected chi connectivity index (χ2v) is 9.20. The van der Waals surface area contributed by atoms with Crippen LogP contribution < -0.4 is 4.90 Å². The molecular weight excluding hydrogens is 541 g/mol. The molecule has 0 saturated heterocycles. The number of unbranched alkanes of at least 4 members (excludes halogenated alkanes) is 1. The fourth-order valence-electron chi connectivity index (χ4n) is 4.21. The topological polar surface area (TPSA) is 79.7 Å². The highest BCUT2D eigenvalue weighted by atomic mass is 79.9. The molecule has 0 radical (unpaired) electrons.